The van der Waals surface area contributed by atoms with Crippen molar-refractivity contribution in [1.82, 2.24) is 14.8 Å². The van der Waals surface area contributed by atoms with Crippen LogP contribution in [0.5, 0.6) is 0 Å². The molecule has 0 fully saturated rings. The highest BCUT2D eigenvalue weighted by molar-refractivity contribution is 6.29. The largest absolute Gasteiger partial charge is 0.319 e. The zero-order chi connectivity index (χ0) is 14.9. The van der Waals surface area contributed by atoms with Gasteiger partial charge in [0, 0.05) is 5.69 Å². The Morgan fingerprint density at radius 2 is 2.05 bits per heavy atom. The fourth-order valence-corrected chi connectivity index (χ4v) is 2.02. The summed E-state index contributed by atoms with van der Waals surface area (Å²) in [6, 6.07) is 5.08. The topological polar surface area (TPSA) is 59.8 Å². The predicted octanol–water partition coefficient (Wildman–Crippen LogP) is 3.25. The van der Waals surface area contributed by atoms with Crippen molar-refractivity contribution in [3.05, 3.63) is 40.9 Å². The maximum absolute atomic E-state index is 12.1. The molecule has 6 heteroatoms. The molecular formula is C14H17ClN4O. The van der Waals surface area contributed by atoms with Gasteiger partial charge in [-0.05, 0) is 45.9 Å². The number of nitrogens with zero attached hydrogens (tertiary/aromatic N) is 3. The maximum atomic E-state index is 12.1. The van der Waals surface area contributed by atoms with Crippen LogP contribution >= 0.6 is 11.6 Å². The SMILES string of the molecule is Cc1cc(C(=O)Nc2ccc(Cl)nc2)nn1C(C)(C)C. The molecule has 0 aliphatic rings. The predicted molar refractivity (Wildman–Crippen MR) is 79.2 cm³/mol. The first-order valence-electron chi connectivity index (χ1n) is 6.27. The van der Waals surface area contributed by atoms with Gasteiger partial charge in [0.05, 0.1) is 17.4 Å². The van der Waals surface area contributed by atoms with Gasteiger partial charge < -0.3 is 5.32 Å². The Morgan fingerprint density at radius 1 is 1.35 bits per heavy atom. The van der Waals surface area contributed by atoms with Crippen LogP contribution in [0.2, 0.25) is 5.15 Å². The number of amides is 1. The summed E-state index contributed by atoms with van der Waals surface area (Å²) in [5.41, 5.74) is 1.75. The average molecular weight is 293 g/mol. The Labute approximate surface area is 123 Å². The van der Waals surface area contributed by atoms with Crippen LogP contribution in [0, 0.1) is 6.92 Å². The Kier molecular flexibility index (Phi) is 3.81. The molecule has 2 heterocycles. The number of aromatic nitrogens is 3. The lowest BCUT2D eigenvalue weighted by Crippen LogP contribution is -2.25. The fraction of sp³-hybridized carbons (Fsp3) is 0.357. The molecular weight excluding hydrogens is 276 g/mol. The molecule has 1 amide bonds. The number of halogens is 1. The van der Waals surface area contributed by atoms with E-state index in [9.17, 15) is 4.79 Å². The summed E-state index contributed by atoms with van der Waals surface area (Å²) in [4.78, 5) is 16.1. The molecule has 0 bridgehead atoms. The summed E-state index contributed by atoms with van der Waals surface area (Å²) in [7, 11) is 0. The highest BCUT2D eigenvalue weighted by atomic mass is 35.5. The number of anilines is 1. The average Bonchev–Trinajstić information content (AvgIpc) is 2.74. The number of carbonyl (C=O) groups is 1. The second-order valence-corrected chi connectivity index (χ2v) is 5.96. The van der Waals surface area contributed by atoms with E-state index in [0.29, 0.717) is 16.5 Å². The van der Waals surface area contributed by atoms with Crippen molar-refractivity contribution >= 4 is 23.2 Å². The third-order valence-corrected chi connectivity index (χ3v) is 2.96. The third kappa shape index (κ3) is 3.17. The Balaban J connectivity index is 2.20. The molecule has 2 rings (SSSR count). The van der Waals surface area contributed by atoms with Gasteiger partial charge in [0.15, 0.2) is 5.69 Å². The molecule has 0 spiro atoms. The van der Waals surface area contributed by atoms with Crippen LogP contribution < -0.4 is 5.32 Å². The number of aryl methyl sites for hydroxylation is 1. The number of pyridine rings is 1. The van der Waals surface area contributed by atoms with Crippen molar-refractivity contribution in [2.24, 2.45) is 0 Å². The molecule has 2 aromatic heterocycles. The van der Waals surface area contributed by atoms with Crippen LogP contribution in [0.25, 0.3) is 0 Å². The number of carbonyl (C=O) groups excluding carboxylic acids is 1. The molecule has 20 heavy (non-hydrogen) atoms. The maximum Gasteiger partial charge on any atom is 0.276 e. The molecule has 2 aromatic rings. The van der Waals surface area contributed by atoms with E-state index in [1.54, 1.807) is 18.2 Å². The van der Waals surface area contributed by atoms with Crippen LogP contribution in [-0.2, 0) is 5.54 Å². The third-order valence-electron chi connectivity index (χ3n) is 2.74. The van der Waals surface area contributed by atoms with Gasteiger partial charge in [-0.15, -0.1) is 0 Å². The summed E-state index contributed by atoms with van der Waals surface area (Å²) in [6.45, 7) is 8.05. The number of hydrogen-bond donors (Lipinski definition) is 1. The lowest BCUT2D eigenvalue weighted by atomic mass is 10.1. The molecule has 0 aromatic carbocycles. The first-order valence-corrected chi connectivity index (χ1v) is 6.65. The van der Waals surface area contributed by atoms with E-state index in [2.05, 4.69) is 15.4 Å². The van der Waals surface area contributed by atoms with Gasteiger partial charge in [0.1, 0.15) is 5.15 Å². The van der Waals surface area contributed by atoms with Gasteiger partial charge in [-0.1, -0.05) is 11.6 Å². The summed E-state index contributed by atoms with van der Waals surface area (Å²) in [5, 5.41) is 7.48. The van der Waals surface area contributed by atoms with Gasteiger partial charge >= 0.3 is 0 Å². The highest BCUT2D eigenvalue weighted by Gasteiger charge is 2.20. The smallest absolute Gasteiger partial charge is 0.276 e. The van der Waals surface area contributed by atoms with Gasteiger partial charge in [-0.2, -0.15) is 5.10 Å². The summed E-state index contributed by atoms with van der Waals surface area (Å²) < 4.78 is 1.84. The molecule has 0 unspecified atom stereocenters. The minimum Gasteiger partial charge on any atom is -0.319 e. The van der Waals surface area contributed by atoms with Crippen molar-refractivity contribution in [2.45, 2.75) is 33.2 Å². The van der Waals surface area contributed by atoms with E-state index in [-0.39, 0.29) is 11.4 Å². The lowest BCUT2D eigenvalue weighted by molar-refractivity contribution is 0.102. The molecule has 106 valence electrons. The zero-order valence-corrected chi connectivity index (χ0v) is 12.7. The summed E-state index contributed by atoms with van der Waals surface area (Å²) in [5.74, 6) is -0.264. The highest BCUT2D eigenvalue weighted by Crippen LogP contribution is 2.17. The number of nitrogens with one attached hydrogen (secondary N) is 1. The van der Waals surface area contributed by atoms with Crippen LogP contribution in [0.3, 0.4) is 0 Å². The second-order valence-electron chi connectivity index (χ2n) is 5.58. The van der Waals surface area contributed by atoms with Gasteiger partial charge in [0.25, 0.3) is 5.91 Å². The number of rotatable bonds is 2. The summed E-state index contributed by atoms with van der Waals surface area (Å²) in [6.07, 6.45) is 1.51. The standard InChI is InChI=1S/C14H17ClN4O/c1-9-7-11(18-19(9)14(2,3)4)13(20)17-10-5-6-12(15)16-8-10/h5-8H,1-4H3,(H,17,20). The van der Waals surface area contributed by atoms with E-state index >= 15 is 0 Å². The molecule has 1 N–H and O–H groups in total. The van der Waals surface area contributed by atoms with E-state index < -0.39 is 0 Å². The Morgan fingerprint density at radius 3 is 2.55 bits per heavy atom. The molecule has 0 saturated heterocycles. The lowest BCUT2D eigenvalue weighted by Gasteiger charge is -2.21. The normalized spacial score (nSPS) is 11.4. The quantitative estimate of drug-likeness (QED) is 0.864. The van der Waals surface area contributed by atoms with Gasteiger partial charge in [-0.3, -0.25) is 9.48 Å². The van der Waals surface area contributed by atoms with Crippen molar-refractivity contribution in [3.8, 4) is 0 Å². The molecule has 0 radical (unpaired) electrons. The molecule has 0 aliphatic heterocycles. The molecule has 5 nitrogen and oxygen atoms in total. The summed E-state index contributed by atoms with van der Waals surface area (Å²) >= 11 is 5.70. The van der Waals surface area contributed by atoms with Gasteiger partial charge in [0.2, 0.25) is 0 Å². The van der Waals surface area contributed by atoms with Crippen molar-refractivity contribution < 1.29 is 4.79 Å². The Bertz CT molecular complexity index is 626. The minimum absolute atomic E-state index is 0.162. The van der Waals surface area contributed by atoms with Gasteiger partial charge in [-0.25, -0.2) is 4.98 Å². The van der Waals surface area contributed by atoms with Crippen LogP contribution in [-0.4, -0.2) is 20.7 Å². The molecule has 0 saturated carbocycles. The van der Waals surface area contributed by atoms with E-state index in [1.807, 2.05) is 32.4 Å². The first-order chi connectivity index (χ1) is 9.27. The number of hydrogen-bond acceptors (Lipinski definition) is 3. The van der Waals surface area contributed by atoms with Crippen molar-refractivity contribution in [1.29, 1.82) is 0 Å². The minimum atomic E-state index is -0.264. The van der Waals surface area contributed by atoms with Crippen LogP contribution in [0.15, 0.2) is 24.4 Å². The monoisotopic (exact) mass is 292 g/mol. The van der Waals surface area contributed by atoms with Crippen LogP contribution in [0.1, 0.15) is 37.0 Å². The van der Waals surface area contributed by atoms with E-state index in [4.69, 9.17) is 11.6 Å². The molecule has 0 aliphatic carbocycles. The van der Waals surface area contributed by atoms with E-state index in [1.165, 1.54) is 6.20 Å². The molecule has 0 atom stereocenters. The van der Waals surface area contributed by atoms with Crippen molar-refractivity contribution in [3.63, 3.8) is 0 Å². The zero-order valence-electron chi connectivity index (χ0n) is 11.9. The first kappa shape index (κ1) is 14.5. The second kappa shape index (κ2) is 5.25. The Hall–Kier alpha value is -1.88. The van der Waals surface area contributed by atoms with Crippen LogP contribution in [0.4, 0.5) is 5.69 Å². The fourth-order valence-electron chi connectivity index (χ4n) is 1.91. The van der Waals surface area contributed by atoms with Crippen molar-refractivity contribution in [2.75, 3.05) is 5.32 Å². The van der Waals surface area contributed by atoms with E-state index in [0.717, 1.165) is 5.69 Å².